The van der Waals surface area contributed by atoms with Gasteiger partial charge in [0.25, 0.3) is 0 Å². The fourth-order valence-electron chi connectivity index (χ4n) is 2.91. The molecule has 3 rings (SSSR count). The van der Waals surface area contributed by atoms with Gasteiger partial charge in [0.1, 0.15) is 0 Å². The molecular weight excluding hydrogens is 333 g/mol. The van der Waals surface area contributed by atoms with E-state index in [0.717, 1.165) is 37.8 Å². The highest BCUT2D eigenvalue weighted by atomic mass is 19.4. The lowest BCUT2D eigenvalue weighted by Crippen LogP contribution is -2.46. The normalized spacial score (nSPS) is 16.4. The first kappa shape index (κ1) is 17.7. The second-order valence-corrected chi connectivity index (χ2v) is 6.17. The van der Waals surface area contributed by atoms with E-state index in [1.807, 2.05) is 4.90 Å². The molecule has 1 saturated heterocycles. The number of hydrogen-bond acceptors (Lipinski definition) is 5. The summed E-state index contributed by atoms with van der Waals surface area (Å²) in [6.45, 7) is 5.44. The van der Waals surface area contributed by atoms with Crippen LogP contribution in [0.2, 0.25) is 0 Å². The van der Waals surface area contributed by atoms with Crippen LogP contribution in [0.3, 0.4) is 0 Å². The predicted molar refractivity (Wildman–Crippen MR) is 87.2 cm³/mol. The average molecular weight is 354 g/mol. The van der Waals surface area contributed by atoms with Crippen LogP contribution in [0.25, 0.3) is 0 Å². The van der Waals surface area contributed by atoms with Crippen LogP contribution in [0.15, 0.2) is 28.8 Å². The Balaban J connectivity index is 1.56. The van der Waals surface area contributed by atoms with Crippen molar-refractivity contribution in [3.8, 4) is 0 Å². The monoisotopic (exact) mass is 354 g/mol. The minimum Gasteiger partial charge on any atom is -0.369 e. The van der Waals surface area contributed by atoms with Gasteiger partial charge >= 0.3 is 6.18 Å². The molecule has 2 heterocycles. The Morgan fingerprint density at radius 1 is 1.16 bits per heavy atom. The first-order valence-electron chi connectivity index (χ1n) is 8.41. The van der Waals surface area contributed by atoms with E-state index < -0.39 is 11.7 Å². The summed E-state index contributed by atoms with van der Waals surface area (Å²) in [6.07, 6.45) is -2.55. The molecule has 0 amide bonds. The lowest BCUT2D eigenvalue weighted by Gasteiger charge is -2.35. The van der Waals surface area contributed by atoms with Gasteiger partial charge in [0.15, 0.2) is 5.82 Å². The summed E-state index contributed by atoms with van der Waals surface area (Å²) in [6, 6.07) is 5.49. The molecule has 25 heavy (non-hydrogen) atoms. The summed E-state index contributed by atoms with van der Waals surface area (Å²) >= 11 is 0. The van der Waals surface area contributed by atoms with Gasteiger partial charge in [0.05, 0.1) is 12.1 Å². The summed E-state index contributed by atoms with van der Waals surface area (Å²) in [5.74, 6) is 1.32. The van der Waals surface area contributed by atoms with Gasteiger partial charge in [-0.1, -0.05) is 18.1 Å². The molecule has 1 aliphatic rings. The minimum atomic E-state index is -4.31. The number of alkyl halides is 3. The highest BCUT2D eigenvalue weighted by molar-refractivity contribution is 5.49. The van der Waals surface area contributed by atoms with Crippen molar-refractivity contribution in [2.75, 3.05) is 31.1 Å². The molecule has 0 spiro atoms. The Morgan fingerprint density at radius 2 is 1.92 bits per heavy atom. The van der Waals surface area contributed by atoms with Crippen LogP contribution in [-0.2, 0) is 19.1 Å². The fraction of sp³-hybridized carbons (Fsp3) is 0.529. The highest BCUT2D eigenvalue weighted by Gasteiger charge is 2.31. The van der Waals surface area contributed by atoms with Gasteiger partial charge in [-0.05, 0) is 24.6 Å². The average Bonchev–Trinajstić information content (AvgIpc) is 3.02. The number of hydrogen-bond donors (Lipinski definition) is 0. The molecule has 2 aromatic rings. The van der Waals surface area contributed by atoms with E-state index in [9.17, 15) is 13.2 Å². The van der Waals surface area contributed by atoms with Crippen molar-refractivity contribution in [2.24, 2.45) is 0 Å². The molecule has 0 aliphatic carbocycles. The lowest BCUT2D eigenvalue weighted by molar-refractivity contribution is -0.137. The van der Waals surface area contributed by atoms with Crippen molar-refractivity contribution in [3.63, 3.8) is 0 Å². The topological polar surface area (TPSA) is 45.4 Å². The van der Waals surface area contributed by atoms with Crippen LogP contribution in [0.4, 0.5) is 18.9 Å². The molecule has 8 heteroatoms. The van der Waals surface area contributed by atoms with Crippen LogP contribution >= 0.6 is 0 Å². The molecule has 0 bridgehead atoms. The van der Waals surface area contributed by atoms with Crippen molar-refractivity contribution in [1.82, 2.24) is 15.0 Å². The third kappa shape index (κ3) is 4.50. The number of anilines is 1. The van der Waals surface area contributed by atoms with Crippen molar-refractivity contribution >= 4 is 5.69 Å². The van der Waals surface area contributed by atoms with E-state index in [2.05, 4.69) is 22.0 Å². The number of aryl methyl sites for hydroxylation is 1. The van der Waals surface area contributed by atoms with Crippen LogP contribution in [-0.4, -0.2) is 41.2 Å². The van der Waals surface area contributed by atoms with E-state index >= 15 is 0 Å². The summed E-state index contributed by atoms with van der Waals surface area (Å²) in [4.78, 5) is 8.50. The highest BCUT2D eigenvalue weighted by Crippen LogP contribution is 2.31. The fourth-order valence-corrected chi connectivity index (χ4v) is 2.91. The van der Waals surface area contributed by atoms with Crippen molar-refractivity contribution in [2.45, 2.75) is 32.5 Å². The number of piperazine rings is 1. The number of aromatic nitrogens is 2. The quantitative estimate of drug-likeness (QED) is 0.824. The van der Waals surface area contributed by atoms with E-state index in [4.69, 9.17) is 4.52 Å². The second-order valence-electron chi connectivity index (χ2n) is 6.17. The van der Waals surface area contributed by atoms with Gasteiger partial charge < -0.3 is 9.42 Å². The maximum absolute atomic E-state index is 12.8. The Kier molecular flexibility index (Phi) is 5.27. The Bertz CT molecular complexity index is 693. The first-order valence-corrected chi connectivity index (χ1v) is 8.41. The molecule has 0 radical (unpaired) electrons. The van der Waals surface area contributed by atoms with Gasteiger partial charge in [-0.2, -0.15) is 18.2 Å². The molecule has 0 saturated carbocycles. The van der Waals surface area contributed by atoms with Crippen LogP contribution in [0.5, 0.6) is 0 Å². The van der Waals surface area contributed by atoms with Crippen LogP contribution < -0.4 is 4.90 Å². The SMILES string of the molecule is CCCc1noc(CN2CCN(c3cccc(C(F)(F)F)c3)CC2)n1. The second kappa shape index (κ2) is 7.43. The predicted octanol–water partition coefficient (Wildman–Crippen LogP) is 3.36. The summed E-state index contributed by atoms with van der Waals surface area (Å²) in [5, 5.41) is 3.94. The van der Waals surface area contributed by atoms with Gasteiger partial charge in [0, 0.05) is 38.3 Å². The third-order valence-corrected chi connectivity index (χ3v) is 4.25. The number of halogens is 3. The molecule has 0 atom stereocenters. The smallest absolute Gasteiger partial charge is 0.369 e. The Morgan fingerprint density at radius 3 is 2.60 bits per heavy atom. The van der Waals surface area contributed by atoms with E-state index in [-0.39, 0.29) is 0 Å². The van der Waals surface area contributed by atoms with Crippen molar-refractivity contribution < 1.29 is 17.7 Å². The number of nitrogens with zero attached hydrogens (tertiary/aromatic N) is 4. The van der Waals surface area contributed by atoms with Crippen molar-refractivity contribution in [3.05, 3.63) is 41.5 Å². The Labute approximate surface area is 144 Å². The molecule has 1 aromatic carbocycles. The van der Waals surface area contributed by atoms with E-state index in [0.29, 0.717) is 31.2 Å². The van der Waals surface area contributed by atoms with Gasteiger partial charge in [-0.25, -0.2) is 0 Å². The number of rotatable bonds is 5. The van der Waals surface area contributed by atoms with E-state index in [1.165, 1.54) is 12.1 Å². The zero-order chi connectivity index (χ0) is 17.9. The molecule has 5 nitrogen and oxygen atoms in total. The standard InChI is InChI=1S/C17H21F3N4O/c1-2-4-15-21-16(25-22-15)12-23-7-9-24(10-8-23)14-6-3-5-13(11-14)17(18,19)20/h3,5-6,11H,2,4,7-10,12H2,1H3. The van der Waals surface area contributed by atoms with Gasteiger partial charge in [0.2, 0.25) is 5.89 Å². The van der Waals surface area contributed by atoms with Crippen LogP contribution in [0.1, 0.15) is 30.6 Å². The molecule has 0 unspecified atom stereocenters. The Hall–Kier alpha value is -2.09. The molecule has 1 aromatic heterocycles. The van der Waals surface area contributed by atoms with Gasteiger partial charge in [-0.15, -0.1) is 0 Å². The first-order chi connectivity index (χ1) is 12.0. The summed E-state index contributed by atoms with van der Waals surface area (Å²) in [7, 11) is 0. The maximum Gasteiger partial charge on any atom is 0.416 e. The maximum atomic E-state index is 12.8. The minimum absolute atomic E-state index is 0.577. The van der Waals surface area contributed by atoms with Gasteiger partial charge in [-0.3, -0.25) is 4.90 Å². The molecule has 0 N–H and O–H groups in total. The van der Waals surface area contributed by atoms with Crippen LogP contribution in [0, 0.1) is 0 Å². The zero-order valence-corrected chi connectivity index (χ0v) is 14.1. The molecular formula is C17H21F3N4O. The van der Waals surface area contributed by atoms with E-state index in [1.54, 1.807) is 6.07 Å². The zero-order valence-electron chi connectivity index (χ0n) is 14.1. The summed E-state index contributed by atoms with van der Waals surface area (Å²) < 4.78 is 43.8. The third-order valence-electron chi connectivity index (χ3n) is 4.25. The summed E-state index contributed by atoms with van der Waals surface area (Å²) in [5.41, 5.74) is -0.000703. The molecule has 136 valence electrons. The number of benzene rings is 1. The lowest BCUT2D eigenvalue weighted by atomic mass is 10.1. The van der Waals surface area contributed by atoms with Crippen molar-refractivity contribution in [1.29, 1.82) is 0 Å². The molecule has 1 fully saturated rings. The largest absolute Gasteiger partial charge is 0.416 e. The molecule has 1 aliphatic heterocycles.